The Labute approximate surface area is 226 Å². The van der Waals surface area contributed by atoms with Crippen molar-refractivity contribution in [3.05, 3.63) is 71.8 Å². The maximum Gasteiger partial charge on any atom is 0.196 e. The van der Waals surface area contributed by atoms with Crippen LogP contribution in [0.1, 0.15) is 30.9 Å². The fourth-order valence-corrected chi connectivity index (χ4v) is 4.94. The van der Waals surface area contributed by atoms with Crippen molar-refractivity contribution in [2.24, 2.45) is 0 Å². The van der Waals surface area contributed by atoms with Gasteiger partial charge < -0.3 is 20.0 Å². The van der Waals surface area contributed by atoms with Crippen molar-refractivity contribution in [3.63, 3.8) is 0 Å². The van der Waals surface area contributed by atoms with Crippen molar-refractivity contribution < 1.29 is 14.6 Å². The van der Waals surface area contributed by atoms with E-state index < -0.39 is 0 Å². The number of hydrogen-bond donors (Lipinski definition) is 2. The van der Waals surface area contributed by atoms with Gasteiger partial charge in [-0.3, -0.25) is 9.55 Å². The molecule has 2 heterocycles. The molecule has 200 valence electrons. The van der Waals surface area contributed by atoms with Gasteiger partial charge in [0.2, 0.25) is 0 Å². The van der Waals surface area contributed by atoms with Crippen LogP contribution in [0.4, 0.5) is 10.1 Å². The molecule has 0 aliphatic carbocycles. The Morgan fingerprint density at radius 1 is 1.00 bits per heavy atom. The minimum Gasteiger partial charge on any atom is -0.508 e. The zero-order valence-electron chi connectivity index (χ0n) is 22.3. The van der Waals surface area contributed by atoms with E-state index in [1.54, 1.807) is 29.1 Å². The van der Waals surface area contributed by atoms with Gasteiger partial charge in [-0.25, -0.2) is 4.39 Å². The molecule has 4 rings (SSSR count). The van der Waals surface area contributed by atoms with Crippen molar-refractivity contribution in [3.8, 4) is 28.6 Å². The van der Waals surface area contributed by atoms with Crippen LogP contribution in [0.25, 0.3) is 17.1 Å². The second kappa shape index (κ2) is 11.8. The fraction of sp³-hybridized carbons (Fsp3) is 0.321. The molecule has 0 bridgehead atoms. The van der Waals surface area contributed by atoms with E-state index >= 15 is 4.39 Å². The first-order chi connectivity index (χ1) is 18.2. The number of aromatic hydroxyl groups is 2. The van der Waals surface area contributed by atoms with E-state index in [0.29, 0.717) is 45.8 Å². The molecule has 0 unspecified atom stereocenters. The molecule has 4 aromatic rings. The summed E-state index contributed by atoms with van der Waals surface area (Å²) in [5.41, 5.74) is 3.09. The summed E-state index contributed by atoms with van der Waals surface area (Å²) < 4.78 is 17.2. The monoisotopic (exact) mass is 536 g/mol. The van der Waals surface area contributed by atoms with Crippen LogP contribution < -0.4 is 4.90 Å². The number of likely N-dealkylation sites (N-methyl/N-ethyl adjacent to an activating group) is 2. The molecule has 2 aromatic heterocycles. The van der Waals surface area contributed by atoms with Gasteiger partial charge >= 0.3 is 0 Å². The molecule has 8 nitrogen and oxygen atoms in total. The molecule has 2 aromatic carbocycles. The third-order valence-electron chi connectivity index (χ3n) is 6.22. The van der Waals surface area contributed by atoms with Gasteiger partial charge in [0.1, 0.15) is 17.3 Å². The summed E-state index contributed by atoms with van der Waals surface area (Å²) in [5, 5.41) is 30.5. The first-order valence-electron chi connectivity index (χ1n) is 12.3. The minimum atomic E-state index is -0.371. The molecule has 0 saturated heterocycles. The van der Waals surface area contributed by atoms with Gasteiger partial charge in [-0.05, 0) is 55.4 Å². The summed E-state index contributed by atoms with van der Waals surface area (Å²) in [7, 11) is 5.83. The highest BCUT2D eigenvalue weighted by Crippen LogP contribution is 2.39. The number of aromatic nitrogens is 4. The molecule has 2 N–H and O–H groups in total. The number of hydrogen-bond acceptors (Lipinski definition) is 8. The number of benzene rings is 2. The molecule has 0 fully saturated rings. The highest BCUT2D eigenvalue weighted by atomic mass is 32.2. The smallest absolute Gasteiger partial charge is 0.196 e. The molecule has 0 radical (unpaired) electrons. The Balaban J connectivity index is 1.79. The maximum absolute atomic E-state index is 15.4. The molecule has 0 aliphatic rings. The highest BCUT2D eigenvalue weighted by molar-refractivity contribution is 7.98. The first kappa shape index (κ1) is 27.4. The second-order valence-corrected chi connectivity index (χ2v) is 10.7. The van der Waals surface area contributed by atoms with Gasteiger partial charge in [-0.1, -0.05) is 31.7 Å². The number of nitrogens with zero attached hydrogens (tertiary/aromatic N) is 6. The number of thioether (sulfide) groups is 1. The molecule has 0 aliphatic heterocycles. The average Bonchev–Trinajstić information content (AvgIpc) is 3.30. The topological polar surface area (TPSA) is 90.5 Å². The number of pyridine rings is 1. The molecular weight excluding hydrogens is 503 g/mol. The van der Waals surface area contributed by atoms with Crippen molar-refractivity contribution in [1.29, 1.82) is 0 Å². The fourth-order valence-electron chi connectivity index (χ4n) is 4.05. The SMILES string of the molecule is CC(C)c1cc(-c2nnc(SCc3cccnc3)n2-c2ccc(N(C)CCN(C)C)c(F)c2)c(O)cc1O. The molecule has 0 amide bonds. The number of phenolic OH excluding ortho intramolecular Hbond substituents is 2. The lowest BCUT2D eigenvalue weighted by Crippen LogP contribution is -2.29. The van der Waals surface area contributed by atoms with E-state index in [4.69, 9.17) is 0 Å². The normalized spacial score (nSPS) is 11.5. The van der Waals surface area contributed by atoms with Crippen LogP contribution in [0.3, 0.4) is 0 Å². The predicted octanol–water partition coefficient (Wildman–Crippen LogP) is 5.29. The number of rotatable bonds is 10. The zero-order chi connectivity index (χ0) is 27.4. The predicted molar refractivity (Wildman–Crippen MR) is 150 cm³/mol. The Hall–Kier alpha value is -3.63. The van der Waals surface area contributed by atoms with E-state index in [1.165, 1.54) is 23.9 Å². The van der Waals surface area contributed by atoms with E-state index in [9.17, 15) is 10.2 Å². The van der Waals surface area contributed by atoms with E-state index in [0.717, 1.165) is 12.1 Å². The lowest BCUT2D eigenvalue weighted by Gasteiger charge is -2.22. The van der Waals surface area contributed by atoms with Gasteiger partial charge in [0, 0.05) is 50.4 Å². The van der Waals surface area contributed by atoms with Gasteiger partial charge in [0.05, 0.1) is 16.9 Å². The molecule has 0 spiro atoms. The van der Waals surface area contributed by atoms with Gasteiger partial charge in [0.15, 0.2) is 11.0 Å². The van der Waals surface area contributed by atoms with E-state index in [2.05, 4.69) is 15.2 Å². The third-order valence-corrected chi connectivity index (χ3v) is 7.22. The van der Waals surface area contributed by atoms with Gasteiger partial charge in [-0.2, -0.15) is 0 Å². The van der Waals surface area contributed by atoms with Crippen molar-refractivity contribution in [1.82, 2.24) is 24.6 Å². The number of phenols is 2. The van der Waals surface area contributed by atoms with Gasteiger partial charge in [-0.15, -0.1) is 10.2 Å². The minimum absolute atomic E-state index is 0.00894. The number of anilines is 1. The first-order valence-corrected chi connectivity index (χ1v) is 13.3. The second-order valence-electron chi connectivity index (χ2n) is 9.73. The Bertz CT molecular complexity index is 1390. The molecular formula is C28H33FN6O2S. The quantitative estimate of drug-likeness (QED) is 0.264. The lowest BCUT2D eigenvalue weighted by atomic mass is 9.98. The maximum atomic E-state index is 15.4. The Morgan fingerprint density at radius 3 is 2.45 bits per heavy atom. The third kappa shape index (κ3) is 6.08. The summed E-state index contributed by atoms with van der Waals surface area (Å²) in [5.74, 6) is 0.452. The number of halogens is 1. The summed E-state index contributed by atoms with van der Waals surface area (Å²) in [6, 6.07) is 11.9. The van der Waals surface area contributed by atoms with Crippen molar-refractivity contribution in [2.45, 2.75) is 30.7 Å². The van der Waals surface area contributed by atoms with Crippen LogP contribution in [-0.4, -0.2) is 69.1 Å². The van der Waals surface area contributed by atoms with Crippen LogP contribution in [0.5, 0.6) is 11.5 Å². The van der Waals surface area contributed by atoms with E-state index in [-0.39, 0.29) is 23.2 Å². The summed E-state index contributed by atoms with van der Waals surface area (Å²) >= 11 is 1.44. The highest BCUT2D eigenvalue weighted by Gasteiger charge is 2.22. The van der Waals surface area contributed by atoms with Crippen LogP contribution in [0.15, 0.2) is 60.0 Å². The largest absolute Gasteiger partial charge is 0.508 e. The molecule has 10 heteroatoms. The standard InChI is InChI=1S/C28H33FN6O2S/c1-18(2)21-14-22(26(37)15-25(21)36)27-31-32-28(38-17-19-7-6-10-30-16-19)35(27)20-8-9-24(23(29)13-20)34(5)12-11-33(3)4/h6-10,13-16,18,36-37H,11-12,17H2,1-5H3. The van der Waals surface area contributed by atoms with Gasteiger partial charge in [0.25, 0.3) is 0 Å². The van der Waals surface area contributed by atoms with Crippen molar-refractivity contribution in [2.75, 3.05) is 39.1 Å². The molecule has 38 heavy (non-hydrogen) atoms. The zero-order valence-corrected chi connectivity index (χ0v) is 23.1. The Morgan fingerprint density at radius 2 is 1.79 bits per heavy atom. The summed E-state index contributed by atoms with van der Waals surface area (Å²) in [6.07, 6.45) is 3.50. The Kier molecular flexibility index (Phi) is 8.53. The van der Waals surface area contributed by atoms with E-state index in [1.807, 2.05) is 63.0 Å². The summed E-state index contributed by atoms with van der Waals surface area (Å²) in [6.45, 7) is 5.38. The van der Waals surface area contributed by atoms with Crippen LogP contribution >= 0.6 is 11.8 Å². The average molecular weight is 537 g/mol. The molecule has 0 atom stereocenters. The van der Waals surface area contributed by atoms with Crippen molar-refractivity contribution >= 4 is 17.4 Å². The van der Waals surface area contributed by atoms with Crippen LogP contribution in [0.2, 0.25) is 0 Å². The van der Waals surface area contributed by atoms with Crippen LogP contribution in [0, 0.1) is 5.82 Å². The summed E-state index contributed by atoms with van der Waals surface area (Å²) in [4.78, 5) is 8.10. The van der Waals surface area contributed by atoms with Crippen LogP contribution in [-0.2, 0) is 5.75 Å². The lowest BCUT2D eigenvalue weighted by molar-refractivity contribution is 0.416. The molecule has 0 saturated carbocycles.